The van der Waals surface area contributed by atoms with Crippen molar-refractivity contribution in [2.24, 2.45) is 0 Å². The minimum absolute atomic E-state index is 0.617. The average molecular weight is 201 g/mol. The topological polar surface area (TPSA) is 18.5 Å². The number of nitrogens with one attached hydrogen (secondary N) is 1. The van der Waals surface area contributed by atoms with Gasteiger partial charge in [-0.15, -0.1) is 0 Å². The lowest BCUT2D eigenvalue weighted by Gasteiger charge is -2.22. The molecule has 86 valence electrons. The molecule has 14 heavy (non-hydrogen) atoms. The zero-order valence-electron chi connectivity index (χ0n) is 10.5. The van der Waals surface area contributed by atoms with Gasteiger partial charge in [0.2, 0.25) is 0 Å². The van der Waals surface area contributed by atoms with E-state index in [9.17, 15) is 0 Å². The normalized spacial score (nSPS) is 13.9. The minimum Gasteiger partial charge on any atom is -0.314 e. The van der Waals surface area contributed by atoms with Crippen LogP contribution in [0.15, 0.2) is 0 Å². The Bertz CT molecular complexity index is 118. The highest BCUT2D eigenvalue weighted by Gasteiger charge is 2.03. The van der Waals surface area contributed by atoms with Gasteiger partial charge < -0.3 is 15.1 Å². The highest BCUT2D eigenvalue weighted by atomic mass is 15.1. The van der Waals surface area contributed by atoms with Gasteiger partial charge in [0.25, 0.3) is 0 Å². The Hall–Kier alpha value is -0.120. The fourth-order valence-corrected chi connectivity index (χ4v) is 1.27. The van der Waals surface area contributed by atoms with Crippen LogP contribution in [0.25, 0.3) is 0 Å². The zero-order chi connectivity index (χ0) is 11.0. The van der Waals surface area contributed by atoms with Gasteiger partial charge in [0.1, 0.15) is 0 Å². The van der Waals surface area contributed by atoms with E-state index in [2.05, 4.69) is 50.0 Å². The summed E-state index contributed by atoms with van der Waals surface area (Å²) in [6.07, 6.45) is 0. The van der Waals surface area contributed by atoms with E-state index >= 15 is 0 Å². The Labute approximate surface area is 89.5 Å². The Morgan fingerprint density at radius 2 is 1.71 bits per heavy atom. The summed E-state index contributed by atoms with van der Waals surface area (Å²) < 4.78 is 0. The summed E-state index contributed by atoms with van der Waals surface area (Å²) in [7, 11) is 4.24. The molecular weight excluding hydrogens is 174 g/mol. The maximum absolute atomic E-state index is 3.48. The number of rotatable bonds is 8. The molecule has 0 aromatic rings. The molecule has 0 fully saturated rings. The van der Waals surface area contributed by atoms with Crippen molar-refractivity contribution >= 4 is 0 Å². The van der Waals surface area contributed by atoms with Crippen LogP contribution < -0.4 is 5.32 Å². The van der Waals surface area contributed by atoms with E-state index in [1.54, 1.807) is 0 Å². The molecule has 0 aromatic carbocycles. The molecule has 1 N–H and O–H groups in total. The number of likely N-dealkylation sites (N-methyl/N-ethyl adjacent to an activating group) is 2. The molecule has 3 nitrogen and oxygen atoms in total. The van der Waals surface area contributed by atoms with Gasteiger partial charge in [0.05, 0.1) is 0 Å². The first-order valence-corrected chi connectivity index (χ1v) is 5.71. The van der Waals surface area contributed by atoms with Crippen molar-refractivity contribution in [2.45, 2.75) is 26.8 Å². The fraction of sp³-hybridized carbons (Fsp3) is 1.00. The van der Waals surface area contributed by atoms with E-state index in [0.717, 1.165) is 32.7 Å². The summed E-state index contributed by atoms with van der Waals surface area (Å²) in [5, 5.41) is 3.48. The van der Waals surface area contributed by atoms with E-state index in [1.165, 1.54) is 0 Å². The van der Waals surface area contributed by atoms with Gasteiger partial charge in [-0.25, -0.2) is 0 Å². The molecule has 3 heteroatoms. The zero-order valence-corrected chi connectivity index (χ0v) is 10.5. The highest BCUT2D eigenvalue weighted by Crippen LogP contribution is 1.88. The standard InChI is InChI=1S/C11H27N3/c1-6-14(7-2)9-8-12-10-11(3)13(4)5/h11-12H,6-10H2,1-5H3. The molecule has 0 radical (unpaired) electrons. The second-order valence-electron chi connectivity index (χ2n) is 4.04. The lowest BCUT2D eigenvalue weighted by atomic mass is 10.3. The molecule has 0 aromatic heterocycles. The molecule has 0 saturated carbocycles. The van der Waals surface area contributed by atoms with Crippen LogP contribution >= 0.6 is 0 Å². The molecule has 0 aliphatic rings. The smallest absolute Gasteiger partial charge is 0.0186 e. The second-order valence-corrected chi connectivity index (χ2v) is 4.04. The molecule has 0 saturated heterocycles. The monoisotopic (exact) mass is 201 g/mol. The lowest BCUT2D eigenvalue weighted by Crippen LogP contribution is -2.39. The van der Waals surface area contributed by atoms with Crippen molar-refractivity contribution in [3.63, 3.8) is 0 Å². The summed E-state index contributed by atoms with van der Waals surface area (Å²) in [5.41, 5.74) is 0. The van der Waals surface area contributed by atoms with Crippen molar-refractivity contribution in [3.8, 4) is 0 Å². The molecule has 0 spiro atoms. The van der Waals surface area contributed by atoms with Crippen molar-refractivity contribution in [1.82, 2.24) is 15.1 Å². The first-order valence-electron chi connectivity index (χ1n) is 5.71. The largest absolute Gasteiger partial charge is 0.314 e. The molecule has 1 unspecified atom stereocenters. The van der Waals surface area contributed by atoms with Crippen LogP contribution in [0.5, 0.6) is 0 Å². The van der Waals surface area contributed by atoms with E-state index in [-0.39, 0.29) is 0 Å². The van der Waals surface area contributed by atoms with Crippen LogP contribution in [0.4, 0.5) is 0 Å². The van der Waals surface area contributed by atoms with Gasteiger partial charge in [-0.2, -0.15) is 0 Å². The Morgan fingerprint density at radius 1 is 1.14 bits per heavy atom. The van der Waals surface area contributed by atoms with E-state index in [4.69, 9.17) is 0 Å². The number of hydrogen-bond acceptors (Lipinski definition) is 3. The van der Waals surface area contributed by atoms with Gasteiger partial charge in [-0.05, 0) is 34.1 Å². The van der Waals surface area contributed by atoms with Crippen molar-refractivity contribution < 1.29 is 0 Å². The Kier molecular flexibility index (Phi) is 8.14. The predicted molar refractivity (Wildman–Crippen MR) is 63.8 cm³/mol. The molecule has 1 atom stereocenters. The van der Waals surface area contributed by atoms with Gasteiger partial charge >= 0.3 is 0 Å². The quantitative estimate of drug-likeness (QED) is 0.588. The number of hydrogen-bond donors (Lipinski definition) is 1. The van der Waals surface area contributed by atoms with E-state index in [1.807, 2.05) is 0 Å². The third-order valence-corrected chi connectivity index (χ3v) is 2.82. The lowest BCUT2D eigenvalue weighted by molar-refractivity contribution is 0.278. The first-order chi connectivity index (χ1) is 6.61. The average Bonchev–Trinajstić information content (AvgIpc) is 2.17. The second kappa shape index (κ2) is 8.21. The summed E-state index contributed by atoms with van der Waals surface area (Å²) in [6, 6.07) is 0.617. The van der Waals surface area contributed by atoms with Crippen LogP contribution in [0.2, 0.25) is 0 Å². The molecule has 0 aliphatic carbocycles. The SMILES string of the molecule is CCN(CC)CCNCC(C)N(C)C. The Balaban J connectivity index is 3.36. The van der Waals surface area contributed by atoms with Crippen LogP contribution in [0, 0.1) is 0 Å². The van der Waals surface area contributed by atoms with Gasteiger partial charge in [0.15, 0.2) is 0 Å². The maximum Gasteiger partial charge on any atom is 0.0186 e. The predicted octanol–water partition coefficient (Wildman–Crippen LogP) is 0.868. The summed E-state index contributed by atoms with van der Waals surface area (Å²) in [6.45, 7) is 12.3. The molecule has 0 aliphatic heterocycles. The summed E-state index contributed by atoms with van der Waals surface area (Å²) >= 11 is 0. The molecular formula is C11H27N3. The van der Waals surface area contributed by atoms with Crippen molar-refractivity contribution in [2.75, 3.05) is 46.8 Å². The fourth-order valence-electron chi connectivity index (χ4n) is 1.27. The highest BCUT2D eigenvalue weighted by molar-refractivity contribution is 4.63. The minimum atomic E-state index is 0.617. The third-order valence-electron chi connectivity index (χ3n) is 2.82. The van der Waals surface area contributed by atoms with Gasteiger partial charge in [-0.3, -0.25) is 0 Å². The third kappa shape index (κ3) is 6.35. The van der Waals surface area contributed by atoms with Crippen molar-refractivity contribution in [1.29, 1.82) is 0 Å². The first kappa shape index (κ1) is 13.9. The van der Waals surface area contributed by atoms with Crippen LogP contribution in [0.1, 0.15) is 20.8 Å². The Morgan fingerprint density at radius 3 is 2.14 bits per heavy atom. The van der Waals surface area contributed by atoms with Crippen LogP contribution in [-0.2, 0) is 0 Å². The summed E-state index contributed by atoms with van der Waals surface area (Å²) in [4.78, 5) is 4.68. The van der Waals surface area contributed by atoms with E-state index in [0.29, 0.717) is 6.04 Å². The molecule has 0 rings (SSSR count). The number of nitrogens with zero attached hydrogens (tertiary/aromatic N) is 2. The maximum atomic E-state index is 3.48. The van der Waals surface area contributed by atoms with Crippen LogP contribution in [0.3, 0.4) is 0 Å². The summed E-state index contributed by atoms with van der Waals surface area (Å²) in [5.74, 6) is 0. The molecule has 0 heterocycles. The van der Waals surface area contributed by atoms with Crippen LogP contribution in [-0.4, -0.2) is 62.7 Å². The van der Waals surface area contributed by atoms with E-state index < -0.39 is 0 Å². The van der Waals surface area contributed by atoms with Crippen molar-refractivity contribution in [3.05, 3.63) is 0 Å². The molecule has 0 amide bonds. The van der Waals surface area contributed by atoms with Gasteiger partial charge in [-0.1, -0.05) is 13.8 Å². The van der Waals surface area contributed by atoms with Gasteiger partial charge in [0, 0.05) is 25.7 Å². The molecule has 0 bridgehead atoms.